The number of ketones is 2. The van der Waals surface area contributed by atoms with Gasteiger partial charge in [0.15, 0.2) is 5.76 Å². The van der Waals surface area contributed by atoms with Crippen LogP contribution < -0.4 is 64.3 Å². The molecule has 6 N–H and O–H groups in total. The molecule has 0 bridgehead atoms. The van der Waals surface area contributed by atoms with Crippen molar-refractivity contribution in [3.05, 3.63) is 181 Å². The summed E-state index contributed by atoms with van der Waals surface area (Å²) in [6.45, 7) is 0. The van der Waals surface area contributed by atoms with E-state index in [1.54, 1.807) is 0 Å². The van der Waals surface area contributed by atoms with E-state index in [9.17, 15) is 61.5 Å². The van der Waals surface area contributed by atoms with Gasteiger partial charge in [-0.25, -0.2) is 4.99 Å². The molecular weight excluding hydrogens is 974 g/mol. The van der Waals surface area contributed by atoms with E-state index in [0.717, 1.165) is 30.4 Å². The maximum atomic E-state index is 12.9. The number of non-ortho nitro benzene ring substituents is 1. The fraction of sp³-hybridized carbons (Fsp3) is 0. The standard InChI is InChI=1S/C40H27ClN10O13S2.2Na/c41-30-19-27(50(55)56)8-13-31(30)46-49-39-38(66(62,63)64)16-21-15-26(5-10-29(21)40(39)54)45-48-33-12-7-25(18-36(33)53)42-24-6-11-32(35(52)17-24)47-44-23-3-1-22(2-4-23)43-34-14-9-28(51(57)58)20-37(34)65(59,60)61;;/h1-20,55-56H,(H5-,42,45,46,52,53,54,59,60,61,62,63,64);;/q;2*+1/p-1. The first-order chi connectivity index (χ1) is 31.2. The van der Waals surface area contributed by atoms with E-state index in [1.165, 1.54) is 85.0 Å². The molecule has 23 nitrogen and oxygen atoms in total. The minimum atomic E-state index is -4.84. The van der Waals surface area contributed by atoms with Crippen LogP contribution in [-0.2, 0) is 34.4 Å². The molecule has 334 valence electrons. The number of nitro groups is 1. The van der Waals surface area contributed by atoms with Gasteiger partial charge in [0.1, 0.15) is 22.0 Å². The van der Waals surface area contributed by atoms with E-state index in [2.05, 4.69) is 41.2 Å². The van der Waals surface area contributed by atoms with Crippen LogP contribution >= 0.6 is 11.6 Å². The first kappa shape index (κ1) is 53.0. The second-order valence-electron chi connectivity index (χ2n) is 13.4. The summed E-state index contributed by atoms with van der Waals surface area (Å²) in [6, 6.07) is 6.40. The van der Waals surface area contributed by atoms with E-state index >= 15 is 0 Å². The van der Waals surface area contributed by atoms with E-state index in [4.69, 9.17) is 11.6 Å². The summed E-state index contributed by atoms with van der Waals surface area (Å²) in [5.74, 6) is -1.78. The Hall–Kier alpha value is -6.01. The average molecular weight is 1000 g/mol. The van der Waals surface area contributed by atoms with Crippen molar-refractivity contribution in [3.8, 4) is 0 Å². The molecule has 0 heterocycles. The van der Waals surface area contributed by atoms with Crippen LogP contribution in [-0.4, -0.2) is 88.4 Å². The number of fused-ring (bicyclic) bond motifs is 1. The molecule has 5 aliphatic carbocycles. The van der Waals surface area contributed by atoms with Gasteiger partial charge in [-0.05, 0) is 94.8 Å². The number of hydrogen-bond acceptors (Lipinski definition) is 17. The van der Waals surface area contributed by atoms with Crippen LogP contribution in [0, 0.1) is 10.1 Å². The number of allylic oxidation sites excluding steroid dienone is 17. The van der Waals surface area contributed by atoms with Crippen molar-refractivity contribution in [1.82, 2.24) is 0 Å². The van der Waals surface area contributed by atoms with Crippen LogP contribution in [0.25, 0.3) is 10.7 Å². The summed E-state index contributed by atoms with van der Waals surface area (Å²) in [5.41, 5.74) is 3.44. The zero-order chi connectivity index (χ0) is 47.5. The number of anilines is 1. The number of aliphatic hydroxyl groups excluding tert-OH is 1. The smallest absolute Gasteiger partial charge is 0.658 e. The summed E-state index contributed by atoms with van der Waals surface area (Å²) >= 11 is 6.11. The van der Waals surface area contributed by atoms with Gasteiger partial charge in [0, 0.05) is 28.8 Å². The minimum absolute atomic E-state index is 0. The van der Waals surface area contributed by atoms with Gasteiger partial charge in [-0.3, -0.25) is 34.7 Å². The number of nitro benzene ring substituents is 1. The Balaban J connectivity index is 0.00000432. The Labute approximate surface area is 433 Å². The van der Waals surface area contributed by atoms with Crippen molar-refractivity contribution in [2.24, 2.45) is 30.5 Å². The Morgan fingerprint density at radius 1 is 0.750 bits per heavy atom. The molecule has 7 rings (SSSR count). The predicted octanol–water partition coefficient (Wildman–Crippen LogP) is 1.01. The fourth-order valence-electron chi connectivity index (χ4n) is 5.84. The van der Waals surface area contributed by atoms with Gasteiger partial charge in [-0.15, -0.1) is 32.5 Å². The third-order valence-corrected chi connectivity index (χ3v) is 11.0. The molecule has 68 heavy (non-hydrogen) atoms. The first-order valence-electron chi connectivity index (χ1n) is 18.2. The molecule has 0 fully saturated rings. The van der Waals surface area contributed by atoms with Crippen molar-refractivity contribution in [1.29, 1.82) is 0 Å². The quantitative estimate of drug-likeness (QED) is 0.0348. The molecule has 2 aromatic rings. The second kappa shape index (κ2) is 22.0. The number of hydrogen-bond donors (Lipinski definition) is 6. The normalized spacial score (nSPS) is 19.0. The maximum absolute atomic E-state index is 12.9. The van der Waals surface area contributed by atoms with Crippen molar-refractivity contribution in [3.63, 3.8) is 0 Å². The summed E-state index contributed by atoms with van der Waals surface area (Å²) in [5, 5.41) is 64.3. The Kier molecular flexibility index (Phi) is 17.1. The Morgan fingerprint density at radius 2 is 1.34 bits per heavy atom. The van der Waals surface area contributed by atoms with E-state index in [1.807, 2.05) is 0 Å². The van der Waals surface area contributed by atoms with Gasteiger partial charge in [0.25, 0.3) is 20.7 Å². The predicted molar refractivity (Wildman–Crippen MR) is 242 cm³/mol. The number of benzene rings is 2. The van der Waals surface area contributed by atoms with Gasteiger partial charge in [-0.1, -0.05) is 29.8 Å². The minimum Gasteiger partial charge on any atom is -0.658 e. The molecule has 0 unspecified atom stereocenters. The zero-order valence-corrected chi connectivity index (χ0v) is 41.1. The Bertz CT molecular complexity index is 3230. The summed E-state index contributed by atoms with van der Waals surface area (Å²) < 4.78 is 65.8. The number of carbonyl (C=O) groups is 2. The summed E-state index contributed by atoms with van der Waals surface area (Å²) in [6.07, 6.45) is 18.9. The molecule has 0 radical (unpaired) electrons. The monoisotopic (exact) mass is 999 g/mol. The number of nitrogens with zero attached hydrogens (tertiary/aromatic N) is 10. The molecule has 2 aromatic carbocycles. The molecule has 0 aromatic heterocycles. The third kappa shape index (κ3) is 12.7. The topological polar surface area (TPSA) is 355 Å². The van der Waals surface area contributed by atoms with Crippen LogP contribution in [0.2, 0.25) is 5.02 Å². The summed E-state index contributed by atoms with van der Waals surface area (Å²) in [4.78, 5) is 38.7. The molecule has 0 aliphatic heterocycles. The number of aliphatic imine (C=N–C) groups is 1. The zero-order valence-electron chi connectivity index (χ0n) is 34.8. The largest absolute Gasteiger partial charge is 1.00 e. The number of carbonyl (C=O) groups excluding carboxylic acids is 2. The summed E-state index contributed by atoms with van der Waals surface area (Å²) in [7, 11) is -9.59. The molecule has 5 aliphatic rings. The van der Waals surface area contributed by atoms with Crippen LogP contribution in [0.3, 0.4) is 0 Å². The second-order valence-corrected chi connectivity index (χ2v) is 16.7. The van der Waals surface area contributed by atoms with Crippen molar-refractivity contribution < 1.29 is 115 Å². The molecule has 0 saturated carbocycles. The van der Waals surface area contributed by atoms with Gasteiger partial charge >= 0.3 is 69.6 Å². The van der Waals surface area contributed by atoms with Gasteiger partial charge in [-0.2, -0.15) is 27.7 Å². The Morgan fingerprint density at radius 3 is 1.88 bits per heavy atom. The van der Waals surface area contributed by atoms with Crippen LogP contribution in [0.15, 0.2) is 190 Å². The van der Waals surface area contributed by atoms with E-state index in [-0.39, 0.29) is 138 Å². The molecule has 0 atom stereocenters. The molecule has 0 spiro atoms. The average Bonchev–Trinajstić information content (AvgIpc) is 3.25. The first-order valence-corrected chi connectivity index (χ1v) is 21.5. The molecule has 28 heteroatoms. The number of halogens is 1. The van der Waals surface area contributed by atoms with Gasteiger partial charge in [0.2, 0.25) is 11.6 Å². The molecular formula is C40H26ClN10Na2O13S2+. The van der Waals surface area contributed by atoms with Crippen LogP contribution in [0.5, 0.6) is 0 Å². The van der Waals surface area contributed by atoms with E-state index in [0.29, 0.717) is 6.07 Å². The fourth-order valence-corrected chi connectivity index (χ4v) is 7.37. The van der Waals surface area contributed by atoms with Gasteiger partial charge in [0.05, 0.1) is 33.4 Å². The van der Waals surface area contributed by atoms with Crippen molar-refractivity contribution in [2.75, 3.05) is 5.23 Å². The number of aliphatic hydroxyl groups is 1. The van der Waals surface area contributed by atoms with Crippen LogP contribution in [0.4, 0.5) is 22.7 Å². The van der Waals surface area contributed by atoms with Crippen molar-refractivity contribution >= 4 is 101 Å². The maximum Gasteiger partial charge on any atom is 1.00 e. The van der Waals surface area contributed by atoms with Crippen LogP contribution in [0.1, 0.15) is 0 Å². The molecule has 0 amide bonds. The molecule has 0 saturated heterocycles. The van der Waals surface area contributed by atoms with Crippen molar-refractivity contribution in [2.45, 2.75) is 4.90 Å². The van der Waals surface area contributed by atoms with E-state index < -0.39 is 64.1 Å². The number of rotatable bonds is 11. The SMILES string of the molecule is O=C1C=C([N-]C2=CC(=O)C(=NN=C3C=CC4=C(O)C(=N[N-]c5ccc(N(O)O)cc5Cl)C([S+](=O)(O)O)=CC4=C3)C=C2)C=CC1=NN=C1C=CC(=Nc2ccc([N+](=O)[O-])cc2S(=O)(=O)O)C=C1.[Na+].[Na+]. The third-order valence-electron chi connectivity index (χ3n) is 8.96. The van der Waals surface area contributed by atoms with Gasteiger partial charge < -0.3 is 21.0 Å².